The van der Waals surface area contributed by atoms with Gasteiger partial charge in [0.05, 0.1) is 6.33 Å². The summed E-state index contributed by atoms with van der Waals surface area (Å²) in [5.41, 5.74) is 1.16. The molecular formula is C10H9N7O2S. The number of aromatic nitrogens is 6. The molecular weight excluding hydrogens is 282 g/mol. The number of nitrogens with zero attached hydrogens (tertiary/aromatic N) is 6. The number of nitro groups is 1. The average Bonchev–Trinajstić information content (AvgIpc) is 2.99. The number of hydrogen-bond acceptors (Lipinski definition) is 7. The highest BCUT2D eigenvalue weighted by Gasteiger charge is 2.25. The van der Waals surface area contributed by atoms with Crippen molar-refractivity contribution in [2.24, 2.45) is 7.05 Å². The summed E-state index contributed by atoms with van der Waals surface area (Å²) >= 11 is 1.16. The van der Waals surface area contributed by atoms with Crippen molar-refractivity contribution in [3.8, 4) is 0 Å². The van der Waals surface area contributed by atoms with Gasteiger partial charge >= 0.3 is 5.82 Å². The molecule has 3 rings (SSSR count). The molecule has 0 aliphatic heterocycles. The van der Waals surface area contributed by atoms with Crippen LogP contribution in [0.25, 0.3) is 11.2 Å². The molecule has 0 aliphatic carbocycles. The van der Waals surface area contributed by atoms with Gasteiger partial charge in [-0.2, -0.15) is 0 Å². The number of nitrogens with one attached hydrogen (secondary N) is 1. The normalized spacial score (nSPS) is 11.1. The number of hydrogen-bond donors (Lipinski definition) is 1. The van der Waals surface area contributed by atoms with E-state index < -0.39 is 4.92 Å². The van der Waals surface area contributed by atoms with Gasteiger partial charge in [-0.1, -0.05) is 0 Å². The summed E-state index contributed by atoms with van der Waals surface area (Å²) in [5.74, 6) is 0.385. The number of rotatable bonds is 3. The standard InChI is InChI=1S/C10H9N7O2S/c1-5-15-8(17(18)19)10(16(5)2)20-9-6-7(12-3-11-6)13-4-14-9/h3-4H,1-2H3,(H,11,12,13,14). The predicted molar refractivity (Wildman–Crippen MR) is 70.4 cm³/mol. The van der Waals surface area contributed by atoms with Crippen molar-refractivity contribution in [3.63, 3.8) is 0 Å². The van der Waals surface area contributed by atoms with Crippen LogP contribution in [-0.2, 0) is 7.05 Å². The van der Waals surface area contributed by atoms with Crippen molar-refractivity contribution >= 4 is 28.7 Å². The van der Waals surface area contributed by atoms with Crippen LogP contribution in [0.15, 0.2) is 22.7 Å². The van der Waals surface area contributed by atoms with Crippen LogP contribution in [0.4, 0.5) is 5.82 Å². The molecule has 0 aromatic carbocycles. The van der Waals surface area contributed by atoms with Crippen molar-refractivity contribution in [2.45, 2.75) is 17.0 Å². The van der Waals surface area contributed by atoms with Gasteiger partial charge in [-0.05, 0) is 21.7 Å². The third kappa shape index (κ3) is 1.90. The lowest BCUT2D eigenvalue weighted by Crippen LogP contribution is -1.96. The molecule has 20 heavy (non-hydrogen) atoms. The van der Waals surface area contributed by atoms with Crippen molar-refractivity contribution < 1.29 is 4.92 Å². The Kier molecular flexibility index (Phi) is 2.86. The second-order valence-corrected chi connectivity index (χ2v) is 4.96. The molecule has 3 heterocycles. The van der Waals surface area contributed by atoms with Gasteiger partial charge in [0.15, 0.2) is 10.7 Å². The smallest absolute Gasteiger partial charge is 0.358 e. The fraction of sp³-hybridized carbons (Fsp3) is 0.200. The molecule has 0 radical (unpaired) electrons. The minimum absolute atomic E-state index is 0.179. The molecule has 0 saturated heterocycles. The van der Waals surface area contributed by atoms with E-state index in [9.17, 15) is 10.1 Å². The highest BCUT2D eigenvalue weighted by atomic mass is 32.2. The maximum Gasteiger partial charge on any atom is 0.396 e. The number of aryl methyl sites for hydroxylation is 1. The first-order valence-electron chi connectivity index (χ1n) is 5.57. The minimum atomic E-state index is -0.499. The first kappa shape index (κ1) is 12.5. The monoisotopic (exact) mass is 291 g/mol. The Morgan fingerprint density at radius 1 is 1.40 bits per heavy atom. The third-order valence-corrected chi connectivity index (χ3v) is 3.96. The summed E-state index contributed by atoms with van der Waals surface area (Å²) in [4.78, 5) is 29.6. The zero-order valence-electron chi connectivity index (χ0n) is 10.6. The Morgan fingerprint density at radius 2 is 2.20 bits per heavy atom. The molecule has 0 aliphatic rings. The van der Waals surface area contributed by atoms with Crippen molar-refractivity contribution in [2.75, 3.05) is 0 Å². The molecule has 0 unspecified atom stereocenters. The molecule has 10 heteroatoms. The Morgan fingerprint density at radius 3 is 2.95 bits per heavy atom. The number of fused-ring (bicyclic) bond motifs is 1. The van der Waals surface area contributed by atoms with Gasteiger partial charge in [-0.15, -0.1) is 0 Å². The van der Waals surface area contributed by atoms with Crippen LogP contribution in [-0.4, -0.2) is 34.4 Å². The number of H-pyrrole nitrogens is 1. The Balaban J connectivity index is 2.12. The lowest BCUT2D eigenvalue weighted by Gasteiger charge is -2.02. The van der Waals surface area contributed by atoms with E-state index in [0.717, 1.165) is 11.8 Å². The summed E-state index contributed by atoms with van der Waals surface area (Å²) < 4.78 is 1.66. The van der Waals surface area contributed by atoms with Crippen LogP contribution in [0.5, 0.6) is 0 Å². The van der Waals surface area contributed by atoms with E-state index >= 15 is 0 Å². The van der Waals surface area contributed by atoms with E-state index in [1.165, 1.54) is 12.7 Å². The van der Waals surface area contributed by atoms with E-state index in [2.05, 4.69) is 24.9 Å². The van der Waals surface area contributed by atoms with Gasteiger partial charge in [-0.25, -0.2) is 15.0 Å². The summed E-state index contributed by atoms with van der Waals surface area (Å²) in [5, 5.41) is 12.0. The van der Waals surface area contributed by atoms with Crippen LogP contribution in [0, 0.1) is 17.0 Å². The molecule has 9 nitrogen and oxygen atoms in total. The first-order chi connectivity index (χ1) is 9.58. The SMILES string of the molecule is Cc1nc([N+](=O)[O-])c(Sc2ncnc3nc[nH]c23)n1C. The molecule has 102 valence electrons. The first-order valence-corrected chi connectivity index (χ1v) is 6.39. The molecule has 3 aromatic rings. The van der Waals surface area contributed by atoms with E-state index in [1.54, 1.807) is 18.5 Å². The second kappa shape index (κ2) is 4.56. The summed E-state index contributed by atoms with van der Waals surface area (Å²) in [6.45, 7) is 1.71. The summed E-state index contributed by atoms with van der Waals surface area (Å²) in [6.07, 6.45) is 2.88. The van der Waals surface area contributed by atoms with Gasteiger partial charge in [-0.3, -0.25) is 4.57 Å². The summed E-state index contributed by atoms with van der Waals surface area (Å²) in [7, 11) is 1.73. The zero-order chi connectivity index (χ0) is 14.3. The Labute approximate surface area is 116 Å². The van der Waals surface area contributed by atoms with Gasteiger partial charge in [0.1, 0.15) is 16.9 Å². The second-order valence-electron chi connectivity index (χ2n) is 3.99. The van der Waals surface area contributed by atoms with Crippen LogP contribution in [0.1, 0.15) is 5.82 Å². The van der Waals surface area contributed by atoms with Gasteiger partial charge in [0.2, 0.25) is 5.82 Å². The molecule has 1 N–H and O–H groups in total. The quantitative estimate of drug-likeness (QED) is 0.441. The maximum absolute atomic E-state index is 11.1. The fourth-order valence-electron chi connectivity index (χ4n) is 1.72. The molecule has 3 aromatic heterocycles. The maximum atomic E-state index is 11.1. The zero-order valence-corrected chi connectivity index (χ0v) is 11.4. The van der Waals surface area contributed by atoms with Crippen molar-refractivity contribution in [1.82, 2.24) is 29.5 Å². The highest BCUT2D eigenvalue weighted by Crippen LogP contribution is 2.35. The van der Waals surface area contributed by atoms with Gasteiger partial charge in [0.25, 0.3) is 0 Å². The lowest BCUT2D eigenvalue weighted by atomic mass is 10.6. The van der Waals surface area contributed by atoms with Crippen molar-refractivity contribution in [3.05, 3.63) is 28.6 Å². The van der Waals surface area contributed by atoms with Crippen molar-refractivity contribution in [1.29, 1.82) is 0 Å². The van der Waals surface area contributed by atoms with Crippen LogP contribution in [0.2, 0.25) is 0 Å². The van der Waals surface area contributed by atoms with E-state index in [-0.39, 0.29) is 5.82 Å². The number of imidazole rings is 2. The van der Waals surface area contributed by atoms with E-state index in [4.69, 9.17) is 0 Å². The topological polar surface area (TPSA) is 115 Å². The molecule has 0 atom stereocenters. The van der Waals surface area contributed by atoms with Gasteiger partial charge < -0.3 is 15.1 Å². The highest BCUT2D eigenvalue weighted by molar-refractivity contribution is 7.99. The van der Waals surface area contributed by atoms with Crippen LogP contribution < -0.4 is 0 Å². The van der Waals surface area contributed by atoms with Crippen LogP contribution >= 0.6 is 11.8 Å². The molecule has 0 bridgehead atoms. The largest absolute Gasteiger partial charge is 0.396 e. The Bertz CT molecular complexity index is 809. The molecule has 0 fully saturated rings. The Hall–Kier alpha value is -2.49. The molecule has 0 spiro atoms. The fourth-order valence-corrected chi connectivity index (χ4v) is 2.73. The van der Waals surface area contributed by atoms with Crippen LogP contribution in [0.3, 0.4) is 0 Å². The molecule has 0 amide bonds. The number of aromatic amines is 1. The molecule has 0 saturated carbocycles. The van der Waals surface area contributed by atoms with Gasteiger partial charge in [0, 0.05) is 14.0 Å². The lowest BCUT2D eigenvalue weighted by molar-refractivity contribution is -0.392. The average molecular weight is 291 g/mol. The minimum Gasteiger partial charge on any atom is -0.358 e. The van der Waals surface area contributed by atoms with E-state index in [0.29, 0.717) is 27.0 Å². The summed E-state index contributed by atoms with van der Waals surface area (Å²) in [6, 6.07) is 0. The van der Waals surface area contributed by atoms with E-state index in [1.807, 2.05) is 0 Å². The third-order valence-electron chi connectivity index (χ3n) is 2.80. The predicted octanol–water partition coefficient (Wildman–Crippen LogP) is 1.45.